The van der Waals surface area contributed by atoms with Crippen molar-refractivity contribution in [2.45, 2.75) is 44.9 Å². The summed E-state index contributed by atoms with van der Waals surface area (Å²) in [5.41, 5.74) is 2.50. The maximum absolute atomic E-state index is 11.0. The van der Waals surface area contributed by atoms with Gasteiger partial charge in [0.15, 0.2) is 5.82 Å². The molecule has 5 nitrogen and oxygen atoms in total. The fourth-order valence-corrected chi connectivity index (χ4v) is 3.17. The Hall–Kier alpha value is -1.65. The molecule has 0 aromatic carbocycles. The first-order chi connectivity index (χ1) is 9.74. The molecule has 5 heteroatoms. The van der Waals surface area contributed by atoms with Gasteiger partial charge in [0, 0.05) is 13.1 Å². The number of aromatic nitrogens is 2. The lowest BCUT2D eigenvalue weighted by Gasteiger charge is -2.31. The minimum absolute atomic E-state index is 0.194. The van der Waals surface area contributed by atoms with Crippen molar-refractivity contribution in [2.24, 2.45) is 5.92 Å². The topological polar surface area (TPSA) is 66.3 Å². The molecule has 0 amide bonds. The minimum atomic E-state index is -0.669. The number of carboxylic acid groups (broad SMARTS) is 1. The standard InChI is InChI=1S/C15H21N3O2/c19-15(20)11-6-8-18(9-7-11)14-10-12-4-2-1-3-5-13(12)16-17-14/h10-11H,1-9H2,(H,19,20). The van der Waals surface area contributed by atoms with Gasteiger partial charge in [0.1, 0.15) is 0 Å². The second-order valence-corrected chi connectivity index (χ2v) is 5.83. The largest absolute Gasteiger partial charge is 0.481 e. The first-order valence-corrected chi connectivity index (χ1v) is 7.57. The van der Waals surface area contributed by atoms with Crippen molar-refractivity contribution in [2.75, 3.05) is 18.0 Å². The third kappa shape index (κ3) is 2.76. The number of hydrogen-bond donors (Lipinski definition) is 1. The fourth-order valence-electron chi connectivity index (χ4n) is 3.17. The van der Waals surface area contributed by atoms with Crippen LogP contribution in [0.2, 0.25) is 0 Å². The van der Waals surface area contributed by atoms with Crippen molar-refractivity contribution >= 4 is 11.8 Å². The average molecular weight is 275 g/mol. The van der Waals surface area contributed by atoms with E-state index in [0.29, 0.717) is 12.8 Å². The van der Waals surface area contributed by atoms with Gasteiger partial charge in [-0.25, -0.2) is 0 Å². The second kappa shape index (κ2) is 5.77. The van der Waals surface area contributed by atoms with E-state index in [1.165, 1.54) is 24.8 Å². The highest BCUT2D eigenvalue weighted by molar-refractivity contribution is 5.70. The van der Waals surface area contributed by atoms with Gasteiger partial charge in [0.25, 0.3) is 0 Å². The first-order valence-electron chi connectivity index (χ1n) is 7.57. The maximum Gasteiger partial charge on any atom is 0.306 e. The van der Waals surface area contributed by atoms with Gasteiger partial charge in [-0.15, -0.1) is 5.10 Å². The molecular weight excluding hydrogens is 254 g/mol. The smallest absolute Gasteiger partial charge is 0.306 e. The number of aryl methyl sites for hydroxylation is 2. The molecular formula is C15H21N3O2. The zero-order valence-electron chi connectivity index (χ0n) is 11.7. The molecule has 0 saturated carbocycles. The molecule has 2 heterocycles. The molecule has 0 unspecified atom stereocenters. The van der Waals surface area contributed by atoms with Crippen molar-refractivity contribution in [1.82, 2.24) is 10.2 Å². The predicted molar refractivity (Wildman–Crippen MR) is 75.9 cm³/mol. The number of carbonyl (C=O) groups is 1. The van der Waals surface area contributed by atoms with E-state index in [0.717, 1.165) is 37.4 Å². The van der Waals surface area contributed by atoms with Crippen LogP contribution in [-0.4, -0.2) is 34.4 Å². The lowest BCUT2D eigenvalue weighted by molar-refractivity contribution is -0.142. The maximum atomic E-state index is 11.0. The highest BCUT2D eigenvalue weighted by Crippen LogP contribution is 2.25. The lowest BCUT2D eigenvalue weighted by atomic mass is 9.97. The Bertz CT molecular complexity index is 496. The number of rotatable bonds is 2. The van der Waals surface area contributed by atoms with Crippen molar-refractivity contribution in [3.63, 3.8) is 0 Å². The van der Waals surface area contributed by atoms with Crippen molar-refractivity contribution in [1.29, 1.82) is 0 Å². The van der Waals surface area contributed by atoms with E-state index < -0.39 is 5.97 Å². The molecule has 1 saturated heterocycles. The molecule has 0 atom stereocenters. The third-order valence-corrected chi connectivity index (χ3v) is 4.48. The van der Waals surface area contributed by atoms with Gasteiger partial charge in [-0.1, -0.05) is 6.42 Å². The van der Waals surface area contributed by atoms with Crippen molar-refractivity contribution < 1.29 is 9.90 Å². The van der Waals surface area contributed by atoms with Gasteiger partial charge in [-0.2, -0.15) is 5.10 Å². The lowest BCUT2D eigenvalue weighted by Crippen LogP contribution is -2.37. The van der Waals surface area contributed by atoms with Gasteiger partial charge in [0.05, 0.1) is 11.6 Å². The molecule has 20 heavy (non-hydrogen) atoms. The Morgan fingerprint density at radius 2 is 1.90 bits per heavy atom. The predicted octanol–water partition coefficient (Wildman–Crippen LogP) is 2.05. The molecule has 1 aromatic rings. The summed E-state index contributed by atoms with van der Waals surface area (Å²) in [7, 11) is 0. The molecule has 1 aliphatic heterocycles. The van der Waals surface area contributed by atoms with Gasteiger partial charge < -0.3 is 10.0 Å². The molecule has 1 aromatic heterocycles. The molecule has 1 aliphatic carbocycles. The van der Waals surface area contributed by atoms with Crippen LogP contribution >= 0.6 is 0 Å². The van der Waals surface area contributed by atoms with Crippen LogP contribution in [0, 0.1) is 5.92 Å². The SMILES string of the molecule is O=C(O)C1CCN(c2cc3c(nn2)CCCCC3)CC1. The van der Waals surface area contributed by atoms with Gasteiger partial charge in [-0.3, -0.25) is 4.79 Å². The number of anilines is 1. The van der Waals surface area contributed by atoms with E-state index in [9.17, 15) is 4.79 Å². The molecule has 0 bridgehead atoms. The Morgan fingerprint density at radius 1 is 1.15 bits per heavy atom. The normalized spacial score (nSPS) is 20.3. The summed E-state index contributed by atoms with van der Waals surface area (Å²) in [4.78, 5) is 13.2. The van der Waals surface area contributed by atoms with Crippen molar-refractivity contribution in [3.8, 4) is 0 Å². The third-order valence-electron chi connectivity index (χ3n) is 4.48. The zero-order chi connectivity index (χ0) is 13.9. The molecule has 2 aliphatic rings. The highest BCUT2D eigenvalue weighted by Gasteiger charge is 2.25. The van der Waals surface area contributed by atoms with Crippen LogP contribution in [0.1, 0.15) is 43.4 Å². The summed E-state index contributed by atoms with van der Waals surface area (Å²) >= 11 is 0. The summed E-state index contributed by atoms with van der Waals surface area (Å²) in [6.45, 7) is 1.54. The summed E-state index contributed by atoms with van der Waals surface area (Å²) in [6, 6.07) is 2.18. The highest BCUT2D eigenvalue weighted by atomic mass is 16.4. The van der Waals surface area contributed by atoms with E-state index >= 15 is 0 Å². The molecule has 3 rings (SSSR count). The monoisotopic (exact) mass is 275 g/mol. The van der Waals surface area contributed by atoms with E-state index in [4.69, 9.17) is 5.11 Å². The van der Waals surface area contributed by atoms with E-state index in [2.05, 4.69) is 21.2 Å². The fraction of sp³-hybridized carbons (Fsp3) is 0.667. The Balaban J connectivity index is 1.72. The van der Waals surface area contributed by atoms with E-state index in [1.807, 2.05) is 0 Å². The van der Waals surface area contributed by atoms with Crippen LogP contribution in [0.5, 0.6) is 0 Å². The number of hydrogen-bond acceptors (Lipinski definition) is 4. The molecule has 0 spiro atoms. The molecule has 108 valence electrons. The number of fused-ring (bicyclic) bond motifs is 1. The summed E-state index contributed by atoms with van der Waals surface area (Å²) in [5, 5.41) is 17.8. The average Bonchev–Trinajstić information content (AvgIpc) is 2.71. The van der Waals surface area contributed by atoms with Gasteiger partial charge in [0.2, 0.25) is 0 Å². The van der Waals surface area contributed by atoms with Gasteiger partial charge >= 0.3 is 5.97 Å². The van der Waals surface area contributed by atoms with Crippen molar-refractivity contribution in [3.05, 3.63) is 17.3 Å². The van der Waals surface area contributed by atoms with Crippen LogP contribution in [0.15, 0.2) is 6.07 Å². The van der Waals surface area contributed by atoms with Crippen LogP contribution in [0.3, 0.4) is 0 Å². The summed E-state index contributed by atoms with van der Waals surface area (Å²) in [5.74, 6) is 0.0622. The first kappa shape index (κ1) is 13.3. The Morgan fingerprint density at radius 3 is 2.65 bits per heavy atom. The van der Waals surface area contributed by atoms with E-state index in [-0.39, 0.29) is 5.92 Å². The molecule has 1 N–H and O–H groups in total. The summed E-state index contributed by atoms with van der Waals surface area (Å²) < 4.78 is 0. The zero-order valence-corrected chi connectivity index (χ0v) is 11.7. The number of piperidine rings is 1. The van der Waals surface area contributed by atoms with Crippen LogP contribution in [-0.2, 0) is 17.6 Å². The van der Waals surface area contributed by atoms with Crippen LogP contribution in [0.25, 0.3) is 0 Å². The van der Waals surface area contributed by atoms with Gasteiger partial charge in [-0.05, 0) is 50.2 Å². The number of aliphatic carboxylic acids is 1. The minimum Gasteiger partial charge on any atom is -0.481 e. The Labute approximate surface area is 119 Å². The molecule has 0 radical (unpaired) electrons. The van der Waals surface area contributed by atoms with Crippen LogP contribution in [0.4, 0.5) is 5.82 Å². The van der Waals surface area contributed by atoms with Crippen LogP contribution < -0.4 is 4.90 Å². The molecule has 1 fully saturated rings. The summed E-state index contributed by atoms with van der Waals surface area (Å²) in [6.07, 6.45) is 7.27. The van der Waals surface area contributed by atoms with E-state index in [1.54, 1.807) is 0 Å². The second-order valence-electron chi connectivity index (χ2n) is 5.83. The Kier molecular flexibility index (Phi) is 3.85. The quantitative estimate of drug-likeness (QED) is 0.837. The number of carboxylic acids is 1. The number of nitrogens with zero attached hydrogens (tertiary/aromatic N) is 3.